The molecule has 0 spiro atoms. The van der Waals surface area contributed by atoms with Gasteiger partial charge in [-0.15, -0.1) is 0 Å². The molecule has 0 aliphatic carbocycles. The molecule has 2 aromatic rings. The van der Waals surface area contributed by atoms with Gasteiger partial charge in [0, 0.05) is 18.2 Å². The molecular weight excluding hydrogens is 342 g/mol. The van der Waals surface area contributed by atoms with Crippen molar-refractivity contribution in [2.45, 2.75) is 45.6 Å². The third-order valence-electron chi connectivity index (χ3n) is 3.98. The van der Waals surface area contributed by atoms with Crippen LogP contribution in [0.1, 0.15) is 38.7 Å². The van der Waals surface area contributed by atoms with Gasteiger partial charge in [0.25, 0.3) is 0 Å². The Morgan fingerprint density at radius 3 is 2.15 bits per heavy atom. The quantitative estimate of drug-likeness (QED) is 0.573. The largest absolute Gasteiger partial charge is 0.478 e. The highest BCUT2D eigenvalue weighted by molar-refractivity contribution is 5.89. The Balaban J connectivity index is 0.000000387. The summed E-state index contributed by atoms with van der Waals surface area (Å²) in [6.45, 7) is 5.62. The van der Waals surface area contributed by atoms with Crippen LogP contribution in [0.3, 0.4) is 0 Å². The van der Waals surface area contributed by atoms with Crippen LogP contribution in [0, 0.1) is 0 Å². The second-order valence-electron chi connectivity index (χ2n) is 6.34. The molecule has 0 saturated heterocycles. The van der Waals surface area contributed by atoms with Crippen LogP contribution in [0.25, 0.3) is 10.8 Å². The van der Waals surface area contributed by atoms with E-state index in [9.17, 15) is 9.59 Å². The molecule has 0 radical (unpaired) electrons. The molecule has 27 heavy (non-hydrogen) atoms. The van der Waals surface area contributed by atoms with Gasteiger partial charge in [-0.1, -0.05) is 62.7 Å². The number of rotatable bonds is 9. The van der Waals surface area contributed by atoms with Crippen molar-refractivity contribution in [3.63, 3.8) is 0 Å². The SMILES string of the molecule is CCCNC(CCC)Cc1ccc2ccccc2c1.O=C(O)/C=C\C(=O)O. The van der Waals surface area contributed by atoms with E-state index in [1.807, 2.05) is 0 Å². The van der Waals surface area contributed by atoms with Gasteiger partial charge in [-0.25, -0.2) is 9.59 Å². The summed E-state index contributed by atoms with van der Waals surface area (Å²) in [4.78, 5) is 19.1. The maximum Gasteiger partial charge on any atom is 0.328 e. The van der Waals surface area contributed by atoms with E-state index in [4.69, 9.17) is 10.2 Å². The fourth-order valence-corrected chi connectivity index (χ4v) is 2.77. The molecule has 0 fully saturated rings. The summed E-state index contributed by atoms with van der Waals surface area (Å²) in [6.07, 6.45) is 5.96. The third kappa shape index (κ3) is 9.56. The summed E-state index contributed by atoms with van der Waals surface area (Å²) in [6, 6.07) is 16.1. The molecular formula is C22H29NO4. The van der Waals surface area contributed by atoms with Crippen LogP contribution in [0.15, 0.2) is 54.6 Å². The molecule has 5 heteroatoms. The lowest BCUT2D eigenvalue weighted by molar-refractivity contribution is -0.134. The summed E-state index contributed by atoms with van der Waals surface area (Å²) in [5.74, 6) is -2.51. The van der Waals surface area contributed by atoms with Crippen LogP contribution in [-0.2, 0) is 16.0 Å². The monoisotopic (exact) mass is 371 g/mol. The second-order valence-corrected chi connectivity index (χ2v) is 6.34. The van der Waals surface area contributed by atoms with Crippen LogP contribution >= 0.6 is 0 Å². The second kappa shape index (κ2) is 12.7. The van der Waals surface area contributed by atoms with Crippen molar-refractivity contribution in [1.29, 1.82) is 0 Å². The average molecular weight is 371 g/mol. The Kier molecular flexibility index (Phi) is 10.5. The van der Waals surface area contributed by atoms with E-state index in [0.29, 0.717) is 18.2 Å². The first-order chi connectivity index (χ1) is 13.0. The third-order valence-corrected chi connectivity index (χ3v) is 3.98. The number of fused-ring (bicyclic) bond motifs is 1. The lowest BCUT2D eigenvalue weighted by Gasteiger charge is -2.18. The molecule has 2 rings (SSSR count). The van der Waals surface area contributed by atoms with Gasteiger partial charge >= 0.3 is 11.9 Å². The molecule has 0 aromatic heterocycles. The lowest BCUT2D eigenvalue weighted by atomic mass is 9.99. The minimum absolute atomic E-state index is 0.558. The number of aliphatic carboxylic acids is 2. The topological polar surface area (TPSA) is 86.6 Å². The molecule has 3 N–H and O–H groups in total. The Morgan fingerprint density at radius 1 is 0.963 bits per heavy atom. The predicted octanol–water partition coefficient (Wildman–Crippen LogP) is 4.26. The molecule has 0 aliphatic heterocycles. The number of hydrogen-bond donors (Lipinski definition) is 3. The van der Waals surface area contributed by atoms with E-state index < -0.39 is 11.9 Å². The van der Waals surface area contributed by atoms with Gasteiger partial charge in [-0.05, 0) is 42.1 Å². The zero-order valence-corrected chi connectivity index (χ0v) is 16.0. The molecule has 1 atom stereocenters. The van der Waals surface area contributed by atoms with Crippen molar-refractivity contribution in [2.75, 3.05) is 6.54 Å². The highest BCUT2D eigenvalue weighted by Crippen LogP contribution is 2.17. The van der Waals surface area contributed by atoms with Gasteiger partial charge in [0.05, 0.1) is 0 Å². The standard InChI is InChI=1S/C18H25N.C4H4O4/c1-3-7-18(19-12-4-2)14-15-10-11-16-8-5-6-9-17(16)13-15;5-3(6)1-2-4(7)8/h5-6,8-11,13,18-19H,3-4,7,12,14H2,1-2H3;1-2H,(H,5,6)(H,7,8)/b;2-1-. The van der Waals surface area contributed by atoms with Crippen molar-refractivity contribution >= 4 is 22.7 Å². The van der Waals surface area contributed by atoms with Gasteiger partial charge in [0.1, 0.15) is 0 Å². The first-order valence-corrected chi connectivity index (χ1v) is 9.31. The highest BCUT2D eigenvalue weighted by Gasteiger charge is 2.08. The summed E-state index contributed by atoms with van der Waals surface area (Å²) >= 11 is 0. The van der Waals surface area contributed by atoms with E-state index in [1.165, 1.54) is 35.6 Å². The van der Waals surface area contributed by atoms with Crippen LogP contribution in [-0.4, -0.2) is 34.7 Å². The Hall–Kier alpha value is -2.66. The molecule has 0 aliphatic rings. The number of carboxylic acids is 2. The first kappa shape index (κ1) is 22.4. The minimum Gasteiger partial charge on any atom is -0.478 e. The van der Waals surface area contributed by atoms with Crippen molar-refractivity contribution in [2.24, 2.45) is 0 Å². The van der Waals surface area contributed by atoms with Crippen LogP contribution < -0.4 is 5.32 Å². The highest BCUT2D eigenvalue weighted by atomic mass is 16.4. The van der Waals surface area contributed by atoms with E-state index in [-0.39, 0.29) is 0 Å². The van der Waals surface area contributed by atoms with Crippen molar-refractivity contribution in [3.05, 3.63) is 60.2 Å². The molecule has 0 saturated carbocycles. The maximum atomic E-state index is 9.55. The van der Waals surface area contributed by atoms with Crippen LogP contribution in [0.2, 0.25) is 0 Å². The first-order valence-electron chi connectivity index (χ1n) is 9.31. The summed E-state index contributed by atoms with van der Waals surface area (Å²) in [5, 5.41) is 22.0. The number of carboxylic acid groups (broad SMARTS) is 2. The zero-order valence-electron chi connectivity index (χ0n) is 16.0. The smallest absolute Gasteiger partial charge is 0.328 e. The van der Waals surface area contributed by atoms with Gasteiger partial charge < -0.3 is 15.5 Å². The number of benzene rings is 2. The molecule has 0 heterocycles. The van der Waals surface area contributed by atoms with Crippen molar-refractivity contribution in [1.82, 2.24) is 5.32 Å². The zero-order chi connectivity index (χ0) is 20.1. The summed E-state index contributed by atoms with van der Waals surface area (Å²) < 4.78 is 0. The van der Waals surface area contributed by atoms with E-state index in [0.717, 1.165) is 13.0 Å². The summed E-state index contributed by atoms with van der Waals surface area (Å²) in [5.41, 5.74) is 1.45. The number of nitrogens with one attached hydrogen (secondary N) is 1. The average Bonchev–Trinajstić information content (AvgIpc) is 2.65. The van der Waals surface area contributed by atoms with E-state index in [1.54, 1.807) is 0 Å². The molecule has 0 bridgehead atoms. The maximum absolute atomic E-state index is 9.55. The Bertz CT molecular complexity index is 739. The normalized spacial score (nSPS) is 11.8. The van der Waals surface area contributed by atoms with Gasteiger partial charge in [0.2, 0.25) is 0 Å². The lowest BCUT2D eigenvalue weighted by Crippen LogP contribution is -2.31. The molecule has 5 nitrogen and oxygen atoms in total. The summed E-state index contributed by atoms with van der Waals surface area (Å²) in [7, 11) is 0. The van der Waals surface area contributed by atoms with Gasteiger partial charge in [0.15, 0.2) is 0 Å². The molecule has 1 unspecified atom stereocenters. The Morgan fingerprint density at radius 2 is 1.59 bits per heavy atom. The van der Waals surface area contributed by atoms with Crippen LogP contribution in [0.4, 0.5) is 0 Å². The van der Waals surface area contributed by atoms with Crippen molar-refractivity contribution < 1.29 is 19.8 Å². The molecule has 2 aromatic carbocycles. The number of hydrogen-bond acceptors (Lipinski definition) is 3. The van der Waals surface area contributed by atoms with Gasteiger partial charge in [-0.2, -0.15) is 0 Å². The molecule has 0 amide bonds. The van der Waals surface area contributed by atoms with Crippen molar-refractivity contribution in [3.8, 4) is 0 Å². The fourth-order valence-electron chi connectivity index (χ4n) is 2.77. The van der Waals surface area contributed by atoms with Crippen LogP contribution in [0.5, 0.6) is 0 Å². The molecule has 146 valence electrons. The Labute approximate surface area is 160 Å². The van der Waals surface area contributed by atoms with E-state index >= 15 is 0 Å². The van der Waals surface area contributed by atoms with E-state index in [2.05, 4.69) is 61.6 Å². The van der Waals surface area contributed by atoms with Gasteiger partial charge in [-0.3, -0.25) is 0 Å². The predicted molar refractivity (Wildman–Crippen MR) is 109 cm³/mol. The number of carbonyl (C=O) groups is 2. The minimum atomic E-state index is -1.26. The fraction of sp³-hybridized carbons (Fsp3) is 0.364.